The first-order valence-corrected chi connectivity index (χ1v) is 6.00. The van der Waals surface area contributed by atoms with Crippen LogP contribution in [0.4, 0.5) is 5.69 Å². The molecule has 2 rings (SSSR count). The molecule has 0 N–H and O–H groups in total. The van der Waals surface area contributed by atoms with Gasteiger partial charge in [-0.25, -0.2) is 0 Å². The number of benzene rings is 1. The number of hydrogen-bond donors (Lipinski definition) is 0. The Balaban J connectivity index is 2.00. The predicted octanol–water partition coefficient (Wildman–Crippen LogP) is 2.75. The second-order valence-corrected chi connectivity index (χ2v) is 4.19. The minimum atomic E-state index is -0.00788. The summed E-state index contributed by atoms with van der Waals surface area (Å²) in [4.78, 5) is 13.6. The fraction of sp³-hybridized carbons (Fsp3) is 0.200. The van der Waals surface area contributed by atoms with Crippen LogP contribution in [0.1, 0.15) is 17.7 Å². The van der Waals surface area contributed by atoms with E-state index in [9.17, 15) is 4.79 Å². The van der Waals surface area contributed by atoms with Gasteiger partial charge in [-0.05, 0) is 30.3 Å². The molecule has 2 aromatic rings. The number of carbonyl (C=O) groups excluding carboxylic acids is 1. The molecule has 0 unspecified atom stereocenters. The molecule has 0 saturated carbocycles. The summed E-state index contributed by atoms with van der Waals surface area (Å²) >= 11 is 0. The third-order valence-electron chi connectivity index (χ3n) is 2.90. The molecule has 0 aliphatic rings. The highest BCUT2D eigenvalue weighted by atomic mass is 16.3. The van der Waals surface area contributed by atoms with Crippen LogP contribution in [0.5, 0.6) is 0 Å². The monoisotopic (exact) mass is 254 g/mol. The summed E-state index contributed by atoms with van der Waals surface area (Å²) in [5, 5.41) is 8.84. The van der Waals surface area contributed by atoms with Crippen LogP contribution in [-0.4, -0.2) is 13.0 Å². The van der Waals surface area contributed by atoms with E-state index < -0.39 is 0 Å². The van der Waals surface area contributed by atoms with Crippen LogP contribution in [0.3, 0.4) is 0 Å². The van der Waals surface area contributed by atoms with E-state index in [0.717, 1.165) is 11.4 Å². The van der Waals surface area contributed by atoms with Gasteiger partial charge in [0.2, 0.25) is 5.91 Å². The van der Waals surface area contributed by atoms with Crippen LogP contribution in [0.25, 0.3) is 0 Å². The van der Waals surface area contributed by atoms with Gasteiger partial charge in [-0.3, -0.25) is 4.79 Å². The maximum atomic E-state index is 12.0. The van der Waals surface area contributed by atoms with Crippen molar-refractivity contribution in [2.75, 3.05) is 11.9 Å². The van der Waals surface area contributed by atoms with Gasteiger partial charge in [0, 0.05) is 25.6 Å². The molecule has 96 valence electrons. The van der Waals surface area contributed by atoms with Crippen molar-refractivity contribution >= 4 is 11.6 Å². The topological polar surface area (TPSA) is 57.2 Å². The van der Waals surface area contributed by atoms with Crippen LogP contribution in [0.2, 0.25) is 0 Å². The zero-order chi connectivity index (χ0) is 13.7. The minimum absolute atomic E-state index is 0.00788. The van der Waals surface area contributed by atoms with Crippen LogP contribution in [0.15, 0.2) is 47.1 Å². The van der Waals surface area contributed by atoms with Crippen molar-refractivity contribution < 1.29 is 9.21 Å². The highest BCUT2D eigenvalue weighted by molar-refractivity contribution is 5.93. The number of amides is 1. The Kier molecular flexibility index (Phi) is 3.99. The Morgan fingerprint density at radius 3 is 2.89 bits per heavy atom. The van der Waals surface area contributed by atoms with Crippen molar-refractivity contribution in [2.24, 2.45) is 0 Å². The fourth-order valence-electron chi connectivity index (χ4n) is 1.78. The van der Waals surface area contributed by atoms with Crippen molar-refractivity contribution in [3.63, 3.8) is 0 Å². The number of nitrogens with zero attached hydrogens (tertiary/aromatic N) is 2. The van der Waals surface area contributed by atoms with Gasteiger partial charge in [-0.1, -0.05) is 6.07 Å². The Hall–Kier alpha value is -2.54. The van der Waals surface area contributed by atoms with Gasteiger partial charge in [0.15, 0.2) is 0 Å². The zero-order valence-corrected chi connectivity index (χ0v) is 10.7. The summed E-state index contributed by atoms with van der Waals surface area (Å²) in [6.45, 7) is 0. The molecule has 0 aliphatic carbocycles. The smallest absolute Gasteiger partial charge is 0.227 e. The van der Waals surface area contributed by atoms with E-state index in [1.54, 1.807) is 42.5 Å². The maximum Gasteiger partial charge on any atom is 0.227 e. The first-order chi connectivity index (χ1) is 9.20. The van der Waals surface area contributed by atoms with Gasteiger partial charge in [0.05, 0.1) is 17.9 Å². The highest BCUT2D eigenvalue weighted by Gasteiger charge is 2.12. The summed E-state index contributed by atoms with van der Waals surface area (Å²) < 4.78 is 5.19. The van der Waals surface area contributed by atoms with Gasteiger partial charge in [0.25, 0.3) is 0 Å². The number of furan rings is 1. The van der Waals surface area contributed by atoms with E-state index in [1.165, 1.54) is 0 Å². The summed E-state index contributed by atoms with van der Waals surface area (Å²) in [5.41, 5.74) is 1.27. The molecule has 1 aromatic heterocycles. The summed E-state index contributed by atoms with van der Waals surface area (Å²) in [5.74, 6) is 0.791. The number of hydrogen-bond acceptors (Lipinski definition) is 3. The Bertz CT molecular complexity index is 597. The maximum absolute atomic E-state index is 12.0. The second-order valence-electron chi connectivity index (χ2n) is 4.19. The second kappa shape index (κ2) is 5.87. The Labute approximate surface area is 111 Å². The van der Waals surface area contributed by atoms with E-state index >= 15 is 0 Å². The number of rotatable bonds is 4. The molecule has 0 fully saturated rings. The van der Waals surface area contributed by atoms with Crippen LogP contribution in [-0.2, 0) is 11.2 Å². The summed E-state index contributed by atoms with van der Waals surface area (Å²) in [7, 11) is 1.71. The van der Waals surface area contributed by atoms with Gasteiger partial charge in [0.1, 0.15) is 5.76 Å². The molecule has 0 atom stereocenters. The highest BCUT2D eigenvalue weighted by Crippen LogP contribution is 2.16. The Morgan fingerprint density at radius 1 is 1.37 bits per heavy atom. The van der Waals surface area contributed by atoms with E-state index in [1.807, 2.05) is 12.1 Å². The number of aryl methyl sites for hydroxylation is 1. The third kappa shape index (κ3) is 3.23. The third-order valence-corrected chi connectivity index (χ3v) is 2.90. The molecule has 0 aliphatic heterocycles. The van der Waals surface area contributed by atoms with E-state index in [4.69, 9.17) is 9.68 Å². The summed E-state index contributed by atoms with van der Waals surface area (Å²) in [6, 6.07) is 12.7. The largest absolute Gasteiger partial charge is 0.469 e. The fourth-order valence-corrected chi connectivity index (χ4v) is 1.78. The van der Waals surface area contributed by atoms with Crippen LogP contribution >= 0.6 is 0 Å². The molecular weight excluding hydrogens is 240 g/mol. The van der Waals surface area contributed by atoms with E-state index in [0.29, 0.717) is 18.4 Å². The van der Waals surface area contributed by atoms with Crippen molar-refractivity contribution in [1.82, 2.24) is 0 Å². The van der Waals surface area contributed by atoms with Gasteiger partial charge in [-0.15, -0.1) is 0 Å². The molecule has 4 nitrogen and oxygen atoms in total. The average Bonchev–Trinajstić information content (AvgIpc) is 2.97. The van der Waals surface area contributed by atoms with Crippen molar-refractivity contribution in [2.45, 2.75) is 12.8 Å². The Morgan fingerprint density at radius 2 is 2.21 bits per heavy atom. The van der Waals surface area contributed by atoms with Crippen molar-refractivity contribution in [1.29, 1.82) is 5.26 Å². The molecule has 1 aromatic carbocycles. The van der Waals surface area contributed by atoms with Gasteiger partial charge in [-0.2, -0.15) is 5.26 Å². The van der Waals surface area contributed by atoms with E-state index in [-0.39, 0.29) is 5.91 Å². The average molecular weight is 254 g/mol. The quantitative estimate of drug-likeness (QED) is 0.843. The lowest BCUT2D eigenvalue weighted by molar-refractivity contribution is -0.118. The molecule has 1 heterocycles. The molecule has 1 amide bonds. The lowest BCUT2D eigenvalue weighted by Crippen LogP contribution is -2.26. The lowest BCUT2D eigenvalue weighted by Gasteiger charge is -2.17. The van der Waals surface area contributed by atoms with E-state index in [2.05, 4.69) is 6.07 Å². The number of carbonyl (C=O) groups is 1. The predicted molar refractivity (Wildman–Crippen MR) is 71.6 cm³/mol. The van der Waals surface area contributed by atoms with Crippen LogP contribution < -0.4 is 4.90 Å². The SMILES string of the molecule is CN(C(=O)CCc1ccco1)c1cccc(C#N)c1. The first-order valence-electron chi connectivity index (χ1n) is 6.00. The number of anilines is 1. The molecule has 19 heavy (non-hydrogen) atoms. The minimum Gasteiger partial charge on any atom is -0.469 e. The molecule has 0 radical (unpaired) electrons. The molecule has 0 bridgehead atoms. The number of nitriles is 1. The lowest BCUT2D eigenvalue weighted by atomic mass is 10.2. The molecular formula is C15H14N2O2. The summed E-state index contributed by atoms with van der Waals surface area (Å²) in [6.07, 6.45) is 2.55. The van der Waals surface area contributed by atoms with Gasteiger partial charge < -0.3 is 9.32 Å². The van der Waals surface area contributed by atoms with Crippen molar-refractivity contribution in [3.05, 3.63) is 54.0 Å². The molecule has 0 saturated heterocycles. The van der Waals surface area contributed by atoms with Gasteiger partial charge >= 0.3 is 0 Å². The van der Waals surface area contributed by atoms with Crippen molar-refractivity contribution in [3.8, 4) is 6.07 Å². The van der Waals surface area contributed by atoms with Crippen LogP contribution in [0, 0.1) is 11.3 Å². The molecule has 4 heteroatoms. The first kappa shape index (κ1) is 12.9. The standard InChI is InChI=1S/C15H14N2O2/c1-17(13-5-2-4-12(10-13)11-16)15(18)8-7-14-6-3-9-19-14/h2-6,9-10H,7-8H2,1H3. The zero-order valence-electron chi connectivity index (χ0n) is 10.7. The molecule has 0 spiro atoms. The normalized spacial score (nSPS) is 9.89.